The summed E-state index contributed by atoms with van der Waals surface area (Å²) in [6.45, 7) is 0. The molecule has 3 nitrogen and oxygen atoms in total. The molecule has 0 aliphatic heterocycles. The number of Topliss-reactive ketones (excluding diaryl/α,β-unsaturated/α-hetero) is 1. The van der Waals surface area contributed by atoms with Crippen molar-refractivity contribution in [1.82, 2.24) is 0 Å². The Kier molecular flexibility index (Phi) is 1.94. The fourth-order valence-electron chi connectivity index (χ4n) is 1.03. The number of methoxy groups -OCH3 is 2. The normalized spacial score (nSPS) is 18.0. The minimum Gasteiger partial charge on any atom is -0.497 e. The van der Waals surface area contributed by atoms with E-state index in [2.05, 4.69) is 0 Å². The number of ether oxygens (including phenoxy) is 2. The molecular formula is C7H10O3. The van der Waals surface area contributed by atoms with Crippen molar-refractivity contribution in [2.75, 3.05) is 14.2 Å². The van der Waals surface area contributed by atoms with Gasteiger partial charge in [0.25, 0.3) is 0 Å². The largest absolute Gasteiger partial charge is 0.497 e. The molecule has 1 rings (SSSR count). The number of carbonyl (C=O) groups is 1. The third kappa shape index (κ3) is 0.988. The van der Waals surface area contributed by atoms with Crippen molar-refractivity contribution in [2.24, 2.45) is 0 Å². The second-order valence-electron chi connectivity index (χ2n) is 2.08. The van der Waals surface area contributed by atoms with Crippen molar-refractivity contribution in [3.63, 3.8) is 0 Å². The van der Waals surface area contributed by atoms with E-state index in [1.54, 1.807) is 7.11 Å². The standard InChI is InChI=1S/C7H10O3/c1-9-6-4-3-5(8)7(6)10-2/h3-4H2,1-2H3. The molecule has 3 heteroatoms. The van der Waals surface area contributed by atoms with Crippen LogP contribution in [-0.4, -0.2) is 20.0 Å². The number of hydrogen-bond donors (Lipinski definition) is 0. The summed E-state index contributed by atoms with van der Waals surface area (Å²) >= 11 is 0. The third-order valence-electron chi connectivity index (χ3n) is 1.54. The molecule has 0 saturated heterocycles. The SMILES string of the molecule is COC1=C(OC)C(=O)CC1. The minimum absolute atomic E-state index is 0.0411. The molecule has 0 N–H and O–H groups in total. The lowest BCUT2D eigenvalue weighted by Gasteiger charge is -2.01. The summed E-state index contributed by atoms with van der Waals surface area (Å²) in [5.74, 6) is 1.11. The van der Waals surface area contributed by atoms with Gasteiger partial charge in [-0.05, 0) is 0 Å². The van der Waals surface area contributed by atoms with Gasteiger partial charge in [0.05, 0.1) is 14.2 Å². The maximum Gasteiger partial charge on any atom is 0.201 e. The number of carbonyl (C=O) groups excluding carboxylic acids is 1. The zero-order chi connectivity index (χ0) is 7.56. The van der Waals surface area contributed by atoms with E-state index in [1.165, 1.54) is 7.11 Å². The van der Waals surface area contributed by atoms with E-state index >= 15 is 0 Å². The van der Waals surface area contributed by atoms with Crippen molar-refractivity contribution in [1.29, 1.82) is 0 Å². The smallest absolute Gasteiger partial charge is 0.201 e. The summed E-state index contributed by atoms with van der Waals surface area (Å²) in [6, 6.07) is 0. The first kappa shape index (κ1) is 7.12. The molecule has 0 atom stereocenters. The molecule has 0 bridgehead atoms. The van der Waals surface area contributed by atoms with Crippen LogP contribution >= 0.6 is 0 Å². The van der Waals surface area contributed by atoms with Gasteiger partial charge in [-0.1, -0.05) is 0 Å². The number of rotatable bonds is 2. The first-order valence-electron chi connectivity index (χ1n) is 3.14. The molecule has 56 valence electrons. The number of allylic oxidation sites excluding steroid dienone is 2. The Balaban J connectivity index is 2.81. The van der Waals surface area contributed by atoms with Gasteiger partial charge < -0.3 is 9.47 Å². The maximum atomic E-state index is 10.9. The predicted molar refractivity (Wildman–Crippen MR) is 35.3 cm³/mol. The Bertz CT molecular complexity index is 181. The minimum atomic E-state index is 0.0411. The van der Waals surface area contributed by atoms with Crippen LogP contribution in [0.5, 0.6) is 0 Å². The molecule has 0 unspecified atom stereocenters. The number of ketones is 1. The van der Waals surface area contributed by atoms with Gasteiger partial charge >= 0.3 is 0 Å². The Morgan fingerprint density at radius 3 is 2.30 bits per heavy atom. The second-order valence-corrected chi connectivity index (χ2v) is 2.08. The van der Waals surface area contributed by atoms with Crippen LogP contribution in [0, 0.1) is 0 Å². The molecule has 0 spiro atoms. The maximum absolute atomic E-state index is 10.9. The lowest BCUT2D eigenvalue weighted by Crippen LogP contribution is -1.98. The van der Waals surface area contributed by atoms with Crippen molar-refractivity contribution in [3.05, 3.63) is 11.5 Å². The Morgan fingerprint density at radius 2 is 1.90 bits per heavy atom. The van der Waals surface area contributed by atoms with Crippen molar-refractivity contribution in [3.8, 4) is 0 Å². The van der Waals surface area contributed by atoms with E-state index in [4.69, 9.17) is 9.47 Å². The van der Waals surface area contributed by atoms with Crippen LogP contribution in [0.2, 0.25) is 0 Å². The third-order valence-corrected chi connectivity index (χ3v) is 1.54. The molecule has 0 heterocycles. The molecule has 0 fully saturated rings. The van der Waals surface area contributed by atoms with E-state index in [0.29, 0.717) is 24.4 Å². The molecule has 1 aliphatic rings. The van der Waals surface area contributed by atoms with Crippen molar-refractivity contribution in [2.45, 2.75) is 12.8 Å². The first-order valence-corrected chi connectivity index (χ1v) is 3.14. The summed E-state index contributed by atoms with van der Waals surface area (Å²) < 4.78 is 9.75. The van der Waals surface area contributed by atoms with Gasteiger partial charge in [0, 0.05) is 12.8 Å². The zero-order valence-corrected chi connectivity index (χ0v) is 6.14. The highest BCUT2D eigenvalue weighted by atomic mass is 16.5. The number of hydrogen-bond acceptors (Lipinski definition) is 3. The Labute approximate surface area is 59.6 Å². The molecule has 0 saturated carbocycles. The van der Waals surface area contributed by atoms with Crippen molar-refractivity contribution >= 4 is 5.78 Å². The fourth-order valence-corrected chi connectivity index (χ4v) is 1.03. The topological polar surface area (TPSA) is 35.5 Å². The van der Waals surface area contributed by atoms with Gasteiger partial charge in [-0.25, -0.2) is 0 Å². The van der Waals surface area contributed by atoms with E-state index < -0.39 is 0 Å². The molecule has 0 amide bonds. The molecule has 0 aromatic heterocycles. The van der Waals surface area contributed by atoms with Gasteiger partial charge in [-0.2, -0.15) is 0 Å². The molecular weight excluding hydrogens is 132 g/mol. The molecule has 10 heavy (non-hydrogen) atoms. The van der Waals surface area contributed by atoms with Gasteiger partial charge in [-0.3, -0.25) is 4.79 Å². The van der Waals surface area contributed by atoms with Gasteiger partial charge in [0.15, 0.2) is 5.76 Å². The summed E-state index contributed by atoms with van der Waals surface area (Å²) in [4.78, 5) is 10.9. The van der Waals surface area contributed by atoms with Crippen LogP contribution in [0.25, 0.3) is 0 Å². The monoisotopic (exact) mass is 142 g/mol. The predicted octanol–water partition coefficient (Wildman–Crippen LogP) is 0.854. The van der Waals surface area contributed by atoms with E-state index in [9.17, 15) is 4.79 Å². The average molecular weight is 142 g/mol. The highest BCUT2D eigenvalue weighted by molar-refractivity contribution is 5.96. The van der Waals surface area contributed by atoms with Gasteiger partial charge in [0.1, 0.15) is 5.76 Å². The average Bonchev–Trinajstić information content (AvgIpc) is 2.30. The zero-order valence-electron chi connectivity index (χ0n) is 6.14. The molecule has 0 aromatic rings. The summed E-state index contributed by atoms with van der Waals surface area (Å²) in [7, 11) is 3.03. The van der Waals surface area contributed by atoms with Gasteiger partial charge in [0.2, 0.25) is 5.78 Å². The van der Waals surface area contributed by atoms with E-state index in [1.807, 2.05) is 0 Å². The highest BCUT2D eigenvalue weighted by Crippen LogP contribution is 2.23. The fraction of sp³-hybridized carbons (Fsp3) is 0.571. The molecule has 1 aliphatic carbocycles. The second kappa shape index (κ2) is 2.73. The summed E-state index contributed by atoms with van der Waals surface area (Å²) in [5.41, 5.74) is 0. The Hall–Kier alpha value is -0.990. The van der Waals surface area contributed by atoms with Crippen LogP contribution in [-0.2, 0) is 14.3 Å². The van der Waals surface area contributed by atoms with Crippen LogP contribution in [0.1, 0.15) is 12.8 Å². The molecule has 0 radical (unpaired) electrons. The molecule has 0 aromatic carbocycles. The van der Waals surface area contributed by atoms with Crippen LogP contribution < -0.4 is 0 Å². The van der Waals surface area contributed by atoms with Crippen molar-refractivity contribution < 1.29 is 14.3 Å². The van der Waals surface area contributed by atoms with E-state index in [0.717, 1.165) is 0 Å². The lowest BCUT2D eigenvalue weighted by atomic mass is 10.3. The van der Waals surface area contributed by atoms with Crippen LogP contribution in [0.15, 0.2) is 11.5 Å². The van der Waals surface area contributed by atoms with E-state index in [-0.39, 0.29) is 5.78 Å². The van der Waals surface area contributed by atoms with Crippen LogP contribution in [0.3, 0.4) is 0 Å². The summed E-state index contributed by atoms with van der Waals surface area (Å²) in [5, 5.41) is 0. The first-order chi connectivity index (χ1) is 4.79. The highest BCUT2D eigenvalue weighted by Gasteiger charge is 2.24. The van der Waals surface area contributed by atoms with Crippen LogP contribution in [0.4, 0.5) is 0 Å². The lowest BCUT2D eigenvalue weighted by molar-refractivity contribution is -0.117. The van der Waals surface area contributed by atoms with Gasteiger partial charge in [-0.15, -0.1) is 0 Å². The quantitative estimate of drug-likeness (QED) is 0.573. The summed E-state index contributed by atoms with van der Waals surface area (Å²) in [6.07, 6.45) is 1.20. The Morgan fingerprint density at radius 1 is 1.20 bits per heavy atom.